The molecule has 0 bridgehead atoms. The Labute approximate surface area is 118 Å². The summed E-state index contributed by atoms with van der Waals surface area (Å²) in [6.07, 6.45) is 1.99. The molecule has 1 heterocycles. The molecule has 0 unspecified atom stereocenters. The number of ether oxygens (including phenoxy) is 1. The number of hydrogen-bond donors (Lipinski definition) is 0. The molecule has 1 aromatic heterocycles. The van der Waals surface area contributed by atoms with Crippen molar-refractivity contribution in [2.75, 3.05) is 18.6 Å². The van der Waals surface area contributed by atoms with E-state index >= 15 is 0 Å². The van der Waals surface area contributed by atoms with E-state index in [-0.39, 0.29) is 0 Å². The summed E-state index contributed by atoms with van der Waals surface area (Å²) >= 11 is 0. The molecule has 0 saturated heterocycles. The Bertz CT molecular complexity index is 631. The van der Waals surface area contributed by atoms with Crippen molar-refractivity contribution < 1.29 is 4.74 Å². The molecule has 0 amide bonds. The molecule has 0 N–H and O–H groups in total. The Balaban J connectivity index is 2.28. The first-order chi connectivity index (χ1) is 9.65. The number of hydrogen-bond acceptors (Lipinski definition) is 5. The van der Waals surface area contributed by atoms with Gasteiger partial charge in [-0.1, -0.05) is 0 Å². The highest BCUT2D eigenvalue weighted by Crippen LogP contribution is 2.25. The van der Waals surface area contributed by atoms with Gasteiger partial charge >= 0.3 is 0 Å². The van der Waals surface area contributed by atoms with Gasteiger partial charge in [0, 0.05) is 12.6 Å². The van der Waals surface area contributed by atoms with Crippen LogP contribution < -0.4 is 9.64 Å². The quantitative estimate of drug-likeness (QED) is 0.630. The lowest BCUT2D eigenvalue weighted by molar-refractivity contribution is 0.338. The van der Waals surface area contributed by atoms with Crippen LogP contribution in [-0.4, -0.2) is 23.9 Å². The van der Waals surface area contributed by atoms with Gasteiger partial charge in [-0.15, -0.1) is 10.2 Å². The highest BCUT2D eigenvalue weighted by molar-refractivity contribution is 5.62. The van der Waals surface area contributed by atoms with Crippen LogP contribution in [0.4, 0.5) is 5.82 Å². The first kappa shape index (κ1) is 13.8. The Morgan fingerprint density at radius 1 is 1.25 bits per heavy atom. The van der Waals surface area contributed by atoms with Crippen LogP contribution in [0.5, 0.6) is 5.75 Å². The van der Waals surface area contributed by atoms with Gasteiger partial charge in [-0.25, -0.2) is 0 Å². The fourth-order valence-corrected chi connectivity index (χ4v) is 1.84. The van der Waals surface area contributed by atoms with Gasteiger partial charge in [0.15, 0.2) is 12.0 Å². The van der Waals surface area contributed by atoms with Gasteiger partial charge in [0.2, 0.25) is 0 Å². The fraction of sp³-hybridized carbons (Fsp3) is 0.267. The maximum absolute atomic E-state index is 8.79. The summed E-state index contributed by atoms with van der Waals surface area (Å²) < 4.78 is 5.51. The Morgan fingerprint density at radius 2 is 2.05 bits per heavy atom. The van der Waals surface area contributed by atoms with Gasteiger partial charge in [-0.3, -0.25) is 4.90 Å². The highest BCUT2D eigenvalue weighted by atomic mass is 16.5. The van der Waals surface area contributed by atoms with Crippen molar-refractivity contribution in [1.82, 2.24) is 10.2 Å². The summed E-state index contributed by atoms with van der Waals surface area (Å²) in [7, 11) is 1.64. The number of benzene rings is 1. The van der Waals surface area contributed by atoms with Gasteiger partial charge in [0.1, 0.15) is 5.75 Å². The molecule has 1 aromatic carbocycles. The Hall–Kier alpha value is -2.61. The van der Waals surface area contributed by atoms with Gasteiger partial charge in [0.05, 0.1) is 12.3 Å². The molecule has 0 aliphatic carbocycles. The lowest BCUT2D eigenvalue weighted by Gasteiger charge is -2.10. The smallest absolute Gasteiger partial charge is 0.185 e. The number of nitrogens with zero attached hydrogens (tertiary/aromatic N) is 4. The second kappa shape index (κ2) is 6.02. The van der Waals surface area contributed by atoms with E-state index in [1.165, 1.54) is 4.90 Å². The number of rotatable bonds is 4. The average Bonchev–Trinajstić information content (AvgIpc) is 2.49. The lowest BCUT2D eigenvalue weighted by Crippen LogP contribution is -2.10. The summed E-state index contributed by atoms with van der Waals surface area (Å²) in [4.78, 5) is 1.36. The van der Waals surface area contributed by atoms with Crippen LogP contribution in [0.15, 0.2) is 30.3 Å². The predicted molar refractivity (Wildman–Crippen MR) is 77.4 cm³/mol. The molecule has 0 aliphatic rings. The van der Waals surface area contributed by atoms with Crippen LogP contribution in [-0.2, 0) is 0 Å². The van der Waals surface area contributed by atoms with Crippen molar-refractivity contribution in [3.05, 3.63) is 35.9 Å². The van der Waals surface area contributed by atoms with Gasteiger partial charge in [0.25, 0.3) is 0 Å². The first-order valence-corrected chi connectivity index (χ1v) is 6.36. The topological polar surface area (TPSA) is 62.0 Å². The Morgan fingerprint density at radius 3 is 2.60 bits per heavy atom. The van der Waals surface area contributed by atoms with Crippen molar-refractivity contribution in [2.45, 2.75) is 13.8 Å². The summed E-state index contributed by atoms with van der Waals surface area (Å²) in [5, 5.41) is 17.0. The maximum Gasteiger partial charge on any atom is 0.185 e. The van der Waals surface area contributed by atoms with E-state index in [0.717, 1.165) is 22.6 Å². The molecule has 20 heavy (non-hydrogen) atoms. The largest absolute Gasteiger partial charge is 0.494 e. The Kier molecular flexibility index (Phi) is 4.16. The molecule has 0 radical (unpaired) electrons. The number of aryl methyl sites for hydroxylation is 1. The lowest BCUT2D eigenvalue weighted by atomic mass is 10.1. The minimum Gasteiger partial charge on any atom is -0.494 e. The molecular formula is C15H16N4O. The van der Waals surface area contributed by atoms with Gasteiger partial charge in [-0.05, 0) is 49.7 Å². The maximum atomic E-state index is 8.79. The fourth-order valence-electron chi connectivity index (χ4n) is 1.84. The molecule has 0 aliphatic heterocycles. The third kappa shape index (κ3) is 2.86. The van der Waals surface area contributed by atoms with E-state index in [1.54, 1.807) is 13.1 Å². The normalized spacial score (nSPS) is 9.90. The van der Waals surface area contributed by atoms with E-state index < -0.39 is 0 Å². The number of nitriles is 1. The molecule has 0 saturated carbocycles. The third-order valence-electron chi connectivity index (χ3n) is 2.91. The van der Waals surface area contributed by atoms with E-state index in [2.05, 4.69) is 10.2 Å². The van der Waals surface area contributed by atoms with Crippen molar-refractivity contribution in [3.63, 3.8) is 0 Å². The number of anilines is 1. The van der Waals surface area contributed by atoms with E-state index in [1.807, 2.05) is 44.3 Å². The monoisotopic (exact) mass is 268 g/mol. The minimum absolute atomic E-state index is 0.527. The summed E-state index contributed by atoms with van der Waals surface area (Å²) in [5.41, 5.74) is 2.81. The first-order valence-electron chi connectivity index (χ1n) is 6.36. The van der Waals surface area contributed by atoms with Gasteiger partial charge < -0.3 is 4.74 Å². The molecule has 2 rings (SSSR count). The third-order valence-corrected chi connectivity index (χ3v) is 2.91. The second-order valence-corrected chi connectivity index (χ2v) is 4.35. The van der Waals surface area contributed by atoms with Crippen molar-refractivity contribution in [3.8, 4) is 23.2 Å². The highest BCUT2D eigenvalue weighted by Gasteiger charge is 2.06. The molecule has 5 nitrogen and oxygen atoms in total. The molecule has 2 aromatic rings. The summed E-state index contributed by atoms with van der Waals surface area (Å²) in [6, 6.07) is 9.53. The summed E-state index contributed by atoms with van der Waals surface area (Å²) in [6.45, 7) is 4.61. The molecule has 0 spiro atoms. The second-order valence-electron chi connectivity index (χ2n) is 4.35. The zero-order valence-electron chi connectivity index (χ0n) is 11.8. The average molecular weight is 268 g/mol. The SMILES string of the molecule is CCOc1ccc(-c2ccc(N(C)C#N)nn2)cc1C. The van der Waals surface area contributed by atoms with Crippen LogP contribution in [0.2, 0.25) is 0 Å². The molecule has 0 atom stereocenters. The summed E-state index contributed by atoms with van der Waals surface area (Å²) in [5.74, 6) is 1.41. The standard InChI is InChI=1S/C15H16N4O/c1-4-20-14-7-5-12(9-11(14)2)13-6-8-15(18-17-13)19(3)10-16/h5-9H,4H2,1-3H3. The van der Waals surface area contributed by atoms with Crippen LogP contribution in [0.1, 0.15) is 12.5 Å². The molecular weight excluding hydrogens is 252 g/mol. The van der Waals surface area contributed by atoms with Gasteiger partial charge in [-0.2, -0.15) is 5.26 Å². The number of aromatic nitrogens is 2. The van der Waals surface area contributed by atoms with E-state index in [0.29, 0.717) is 12.4 Å². The molecule has 0 fully saturated rings. The zero-order valence-corrected chi connectivity index (χ0v) is 11.8. The molecule has 102 valence electrons. The van der Waals surface area contributed by atoms with Crippen molar-refractivity contribution >= 4 is 5.82 Å². The van der Waals surface area contributed by atoms with Crippen molar-refractivity contribution in [1.29, 1.82) is 5.26 Å². The van der Waals surface area contributed by atoms with Crippen LogP contribution in [0.25, 0.3) is 11.3 Å². The van der Waals surface area contributed by atoms with Crippen LogP contribution in [0, 0.1) is 18.4 Å². The van der Waals surface area contributed by atoms with Crippen LogP contribution >= 0.6 is 0 Å². The minimum atomic E-state index is 0.527. The van der Waals surface area contributed by atoms with Crippen molar-refractivity contribution in [2.24, 2.45) is 0 Å². The molecule has 5 heteroatoms. The van der Waals surface area contributed by atoms with E-state index in [4.69, 9.17) is 10.00 Å². The van der Waals surface area contributed by atoms with E-state index in [9.17, 15) is 0 Å². The zero-order chi connectivity index (χ0) is 14.5. The van der Waals surface area contributed by atoms with Crippen LogP contribution in [0.3, 0.4) is 0 Å². The predicted octanol–water partition coefficient (Wildman–Crippen LogP) is 2.77.